The number of hydrogen-bond acceptors (Lipinski definition) is 5. The van der Waals surface area contributed by atoms with Gasteiger partial charge in [-0.2, -0.15) is 0 Å². The molecular weight excluding hydrogens is 334 g/mol. The van der Waals surface area contributed by atoms with E-state index < -0.39 is 30.0 Å². The molecule has 0 aromatic heterocycles. The van der Waals surface area contributed by atoms with Crippen molar-refractivity contribution in [3.8, 4) is 11.5 Å². The summed E-state index contributed by atoms with van der Waals surface area (Å²) in [7, 11) is 1.32. The zero-order valence-electron chi connectivity index (χ0n) is 13.1. The maximum Gasteiger partial charge on any atom is 0.185 e. The maximum atomic E-state index is 13.5. The summed E-state index contributed by atoms with van der Waals surface area (Å²) in [6, 6.07) is 7.44. The molecule has 0 amide bonds. The molecule has 5 nitrogen and oxygen atoms in total. The number of hydrogen-bond donors (Lipinski definition) is 0. The molecule has 130 valence electrons. The minimum atomic E-state index is -1.41. The number of ketones is 1. The number of aliphatic carboxylic acids is 1. The highest BCUT2D eigenvalue weighted by molar-refractivity contribution is 6.07. The van der Waals surface area contributed by atoms with E-state index in [-0.39, 0.29) is 22.6 Å². The van der Waals surface area contributed by atoms with Gasteiger partial charge in [0.2, 0.25) is 0 Å². The van der Waals surface area contributed by atoms with Crippen molar-refractivity contribution < 1.29 is 33.0 Å². The highest BCUT2D eigenvalue weighted by Gasteiger charge is 2.11. The lowest BCUT2D eigenvalue weighted by Crippen LogP contribution is -2.29. The van der Waals surface area contributed by atoms with Gasteiger partial charge in [-0.25, -0.2) is 8.78 Å². The number of carbonyl (C=O) groups is 2. The summed E-state index contributed by atoms with van der Waals surface area (Å²) in [5.41, 5.74) is -0.151. The average Bonchev–Trinajstić information content (AvgIpc) is 2.59. The van der Waals surface area contributed by atoms with Gasteiger partial charge in [-0.3, -0.25) is 4.79 Å². The standard InChI is InChI=1S/C18H14F2O5/c1-24-17-9-11(5-8-16(17)25-10-18(22)23)15(21)7-6-12-13(19)3-2-4-14(12)20/h2-9H,10H2,1H3,(H,22,23)/p-1/b7-6+. The van der Waals surface area contributed by atoms with Crippen LogP contribution < -0.4 is 14.6 Å². The number of carbonyl (C=O) groups excluding carboxylic acids is 2. The molecule has 0 saturated heterocycles. The van der Waals surface area contributed by atoms with E-state index in [2.05, 4.69) is 0 Å². The maximum absolute atomic E-state index is 13.5. The van der Waals surface area contributed by atoms with Crippen LogP contribution in [0.1, 0.15) is 15.9 Å². The molecule has 0 spiro atoms. The van der Waals surface area contributed by atoms with Crippen LogP contribution in [0.4, 0.5) is 8.78 Å². The Morgan fingerprint density at radius 2 is 1.80 bits per heavy atom. The van der Waals surface area contributed by atoms with Gasteiger partial charge in [-0.1, -0.05) is 6.07 Å². The van der Waals surface area contributed by atoms with Gasteiger partial charge in [0.15, 0.2) is 17.3 Å². The number of methoxy groups -OCH3 is 1. The smallest absolute Gasteiger partial charge is 0.185 e. The van der Waals surface area contributed by atoms with Gasteiger partial charge in [0.05, 0.1) is 13.1 Å². The van der Waals surface area contributed by atoms with Crippen molar-refractivity contribution in [2.75, 3.05) is 13.7 Å². The Labute approximate surface area is 142 Å². The van der Waals surface area contributed by atoms with Gasteiger partial charge in [-0.15, -0.1) is 0 Å². The predicted molar refractivity (Wildman–Crippen MR) is 83.2 cm³/mol. The minimum Gasteiger partial charge on any atom is -0.546 e. The summed E-state index contributed by atoms with van der Waals surface area (Å²) >= 11 is 0. The molecule has 7 heteroatoms. The van der Waals surface area contributed by atoms with Crippen LogP contribution in [0.2, 0.25) is 0 Å². The molecule has 2 aromatic carbocycles. The highest BCUT2D eigenvalue weighted by atomic mass is 19.1. The fourth-order valence-corrected chi connectivity index (χ4v) is 2.00. The van der Waals surface area contributed by atoms with Crippen LogP contribution in [0.3, 0.4) is 0 Å². The molecule has 0 fully saturated rings. The Morgan fingerprint density at radius 1 is 1.12 bits per heavy atom. The third-order valence-electron chi connectivity index (χ3n) is 3.19. The van der Waals surface area contributed by atoms with Crippen molar-refractivity contribution in [1.29, 1.82) is 0 Å². The minimum absolute atomic E-state index is 0.118. The first-order chi connectivity index (χ1) is 11.9. The molecule has 2 rings (SSSR count). The fourth-order valence-electron chi connectivity index (χ4n) is 2.00. The third-order valence-corrected chi connectivity index (χ3v) is 3.19. The van der Waals surface area contributed by atoms with Crippen molar-refractivity contribution in [3.63, 3.8) is 0 Å². The number of allylic oxidation sites excluding steroid dienone is 1. The first kappa shape index (κ1) is 18.1. The van der Waals surface area contributed by atoms with Crippen molar-refractivity contribution in [3.05, 3.63) is 65.2 Å². The fraction of sp³-hybridized carbons (Fsp3) is 0.111. The lowest BCUT2D eigenvalue weighted by atomic mass is 10.1. The number of benzene rings is 2. The summed E-state index contributed by atoms with van der Waals surface area (Å²) in [6.45, 7) is -0.671. The quantitative estimate of drug-likeness (QED) is 0.566. The second kappa shape index (κ2) is 8.05. The normalized spacial score (nSPS) is 10.7. The largest absolute Gasteiger partial charge is 0.546 e. The third kappa shape index (κ3) is 4.63. The van der Waals surface area contributed by atoms with Gasteiger partial charge in [-0.05, 0) is 42.5 Å². The lowest BCUT2D eigenvalue weighted by molar-refractivity contribution is -0.307. The van der Waals surface area contributed by atoms with Gasteiger partial charge >= 0.3 is 0 Å². The van der Waals surface area contributed by atoms with Crippen LogP contribution in [-0.2, 0) is 4.79 Å². The Morgan fingerprint density at radius 3 is 2.40 bits per heavy atom. The number of carboxylic acid groups (broad SMARTS) is 1. The molecule has 0 aliphatic rings. The van der Waals surface area contributed by atoms with Gasteiger partial charge in [0, 0.05) is 11.1 Å². The molecule has 0 atom stereocenters. The van der Waals surface area contributed by atoms with E-state index in [0.29, 0.717) is 0 Å². The molecule has 0 bridgehead atoms. The van der Waals surface area contributed by atoms with Crippen LogP contribution in [0.25, 0.3) is 6.08 Å². The zero-order valence-corrected chi connectivity index (χ0v) is 13.1. The molecule has 2 aromatic rings. The van der Waals surface area contributed by atoms with Gasteiger partial charge in [0.25, 0.3) is 0 Å². The Bertz CT molecular complexity index is 810. The highest BCUT2D eigenvalue weighted by Crippen LogP contribution is 2.28. The number of rotatable bonds is 7. The molecule has 25 heavy (non-hydrogen) atoms. The summed E-state index contributed by atoms with van der Waals surface area (Å²) < 4.78 is 37.1. The van der Waals surface area contributed by atoms with Crippen LogP contribution in [-0.4, -0.2) is 25.5 Å². The second-order valence-corrected chi connectivity index (χ2v) is 4.86. The number of ether oxygens (including phenoxy) is 2. The van der Waals surface area contributed by atoms with Crippen LogP contribution in [0.5, 0.6) is 11.5 Å². The first-order valence-corrected chi connectivity index (χ1v) is 7.09. The Hall–Kier alpha value is -3.22. The average molecular weight is 347 g/mol. The molecule has 0 aliphatic heterocycles. The Kier molecular flexibility index (Phi) is 5.84. The van der Waals surface area contributed by atoms with Gasteiger partial charge < -0.3 is 19.4 Å². The van der Waals surface area contributed by atoms with E-state index in [1.165, 1.54) is 31.4 Å². The predicted octanol–water partition coefficient (Wildman–Crippen LogP) is 2.00. The molecule has 0 heterocycles. The number of halogens is 2. The first-order valence-electron chi connectivity index (χ1n) is 7.09. The summed E-state index contributed by atoms with van der Waals surface area (Å²) in [5.74, 6) is -3.24. The van der Waals surface area contributed by atoms with Crippen LogP contribution >= 0.6 is 0 Å². The lowest BCUT2D eigenvalue weighted by Gasteiger charge is -2.11. The van der Waals surface area contributed by atoms with E-state index in [1.807, 2.05) is 0 Å². The second-order valence-electron chi connectivity index (χ2n) is 4.86. The SMILES string of the molecule is COc1cc(C(=O)/C=C/c2c(F)cccc2F)ccc1OCC(=O)[O-]. The summed E-state index contributed by atoms with van der Waals surface area (Å²) in [4.78, 5) is 22.6. The van der Waals surface area contributed by atoms with Crippen LogP contribution in [0.15, 0.2) is 42.5 Å². The van der Waals surface area contributed by atoms with Crippen molar-refractivity contribution in [2.45, 2.75) is 0 Å². The van der Waals surface area contributed by atoms with Crippen LogP contribution in [0, 0.1) is 11.6 Å². The summed E-state index contributed by atoms with van der Waals surface area (Å²) in [6.07, 6.45) is 2.07. The molecule has 0 N–H and O–H groups in total. The summed E-state index contributed by atoms with van der Waals surface area (Å²) in [5, 5.41) is 10.4. The van der Waals surface area contributed by atoms with Crippen molar-refractivity contribution in [1.82, 2.24) is 0 Å². The topological polar surface area (TPSA) is 75.7 Å². The molecule has 0 saturated carbocycles. The van der Waals surface area contributed by atoms with Crippen molar-refractivity contribution in [2.24, 2.45) is 0 Å². The molecule has 0 unspecified atom stereocenters. The Balaban J connectivity index is 2.22. The molecule has 0 aliphatic carbocycles. The molecular formula is C18H13F2O5-. The van der Waals surface area contributed by atoms with E-state index in [1.54, 1.807) is 0 Å². The van der Waals surface area contributed by atoms with E-state index in [0.717, 1.165) is 24.3 Å². The van der Waals surface area contributed by atoms with E-state index >= 15 is 0 Å². The zero-order chi connectivity index (χ0) is 18.4. The monoisotopic (exact) mass is 347 g/mol. The van der Waals surface area contributed by atoms with E-state index in [9.17, 15) is 23.5 Å². The van der Waals surface area contributed by atoms with Gasteiger partial charge in [0.1, 0.15) is 18.2 Å². The van der Waals surface area contributed by atoms with Crippen molar-refractivity contribution >= 4 is 17.8 Å². The van der Waals surface area contributed by atoms with E-state index in [4.69, 9.17) is 9.47 Å². The molecule has 0 radical (unpaired) electrons. The number of carboxylic acids is 1.